The van der Waals surface area contributed by atoms with Crippen LogP contribution in [0.1, 0.15) is 52.6 Å². The lowest BCUT2D eigenvalue weighted by atomic mass is 9.95. The summed E-state index contributed by atoms with van der Waals surface area (Å²) in [6.07, 6.45) is 10.7. The minimum absolute atomic E-state index is 0.132. The van der Waals surface area contributed by atoms with Gasteiger partial charge in [0, 0.05) is 22.5 Å². The Bertz CT molecular complexity index is 1610. The molecule has 0 heterocycles. The number of rotatable bonds is 7. The van der Waals surface area contributed by atoms with Crippen molar-refractivity contribution in [2.45, 2.75) is 0 Å². The summed E-state index contributed by atoms with van der Waals surface area (Å²) in [6.45, 7) is 0. The fourth-order valence-electron chi connectivity index (χ4n) is 3.89. The Kier molecular flexibility index (Phi) is 7.75. The van der Waals surface area contributed by atoms with Crippen LogP contribution in [0, 0.1) is 24.7 Å². The SMILES string of the molecule is C#Cc1ccc(NC(=O)c2cc(-c3ccc(C(=O)O)c(C(=O)Nc4ccc(C#C)cc4)c3)ccc2C(=O)O)cc1. The third kappa shape index (κ3) is 5.88. The van der Waals surface area contributed by atoms with Crippen LogP contribution >= 0.6 is 0 Å². The average molecular weight is 529 g/mol. The lowest BCUT2D eigenvalue weighted by molar-refractivity contribution is 0.0683. The van der Waals surface area contributed by atoms with Gasteiger partial charge in [-0.05, 0) is 83.9 Å². The predicted octanol–water partition coefficient (Wildman–Crippen LogP) is 5.22. The molecule has 4 aromatic carbocycles. The normalized spacial score (nSPS) is 10.1. The van der Waals surface area contributed by atoms with Crippen LogP contribution in [0.25, 0.3) is 11.1 Å². The third-order valence-electron chi connectivity index (χ3n) is 5.94. The van der Waals surface area contributed by atoms with Gasteiger partial charge in [0.15, 0.2) is 0 Å². The van der Waals surface area contributed by atoms with Gasteiger partial charge in [0.2, 0.25) is 0 Å². The van der Waals surface area contributed by atoms with Gasteiger partial charge >= 0.3 is 11.9 Å². The molecule has 8 nitrogen and oxygen atoms in total. The van der Waals surface area contributed by atoms with Crippen molar-refractivity contribution in [3.05, 3.63) is 118 Å². The number of hydrogen-bond donors (Lipinski definition) is 4. The number of carbonyl (C=O) groups excluding carboxylic acids is 2. The Morgan fingerprint density at radius 1 is 0.525 bits per heavy atom. The highest BCUT2D eigenvalue weighted by molar-refractivity contribution is 6.13. The van der Waals surface area contributed by atoms with E-state index in [1.165, 1.54) is 36.4 Å². The first-order chi connectivity index (χ1) is 19.2. The molecule has 8 heteroatoms. The highest BCUT2D eigenvalue weighted by atomic mass is 16.4. The zero-order chi connectivity index (χ0) is 28.8. The molecule has 0 fully saturated rings. The summed E-state index contributed by atoms with van der Waals surface area (Å²) in [4.78, 5) is 49.9. The molecular formula is C32H20N2O6. The van der Waals surface area contributed by atoms with Gasteiger partial charge in [-0.3, -0.25) is 9.59 Å². The van der Waals surface area contributed by atoms with Crippen molar-refractivity contribution < 1.29 is 29.4 Å². The molecule has 4 rings (SSSR count). The lowest BCUT2D eigenvalue weighted by Gasteiger charge is -2.13. The van der Waals surface area contributed by atoms with Crippen LogP contribution in [-0.2, 0) is 0 Å². The van der Waals surface area contributed by atoms with Gasteiger partial charge in [-0.15, -0.1) is 12.8 Å². The van der Waals surface area contributed by atoms with Crippen LogP contribution in [-0.4, -0.2) is 34.0 Å². The maximum atomic E-state index is 13.1. The van der Waals surface area contributed by atoms with E-state index in [-0.39, 0.29) is 22.3 Å². The Hall–Kier alpha value is -6.12. The molecule has 2 amide bonds. The highest BCUT2D eigenvalue weighted by Gasteiger charge is 2.21. The van der Waals surface area contributed by atoms with Crippen LogP contribution in [0.3, 0.4) is 0 Å². The van der Waals surface area contributed by atoms with Crippen LogP contribution in [0.15, 0.2) is 84.9 Å². The summed E-state index contributed by atoms with van der Waals surface area (Å²) in [5.41, 5.74) is 2.08. The second-order valence-corrected chi connectivity index (χ2v) is 8.48. The first-order valence-electron chi connectivity index (χ1n) is 11.7. The fraction of sp³-hybridized carbons (Fsp3) is 0. The zero-order valence-corrected chi connectivity index (χ0v) is 20.8. The number of nitrogens with one attached hydrogen (secondary N) is 2. The maximum Gasteiger partial charge on any atom is 0.336 e. The standard InChI is InChI=1S/C32H20N2O6/c1-3-19-5-11-23(12-6-19)33-29(35)27-17-21(9-15-25(27)31(37)38)22-10-16-26(32(39)40)28(18-22)30(36)34-24-13-7-20(4-2)8-14-24/h1-2,5-18H,(H,33,35)(H,34,36)(H,37,38)(H,39,40). The van der Waals surface area contributed by atoms with E-state index >= 15 is 0 Å². The van der Waals surface area contributed by atoms with Gasteiger partial charge in [0.1, 0.15) is 0 Å². The van der Waals surface area contributed by atoms with Gasteiger partial charge < -0.3 is 20.8 Å². The number of benzene rings is 4. The molecule has 0 saturated carbocycles. The molecule has 0 aliphatic rings. The Labute approximate surface area is 229 Å². The van der Waals surface area contributed by atoms with E-state index in [0.717, 1.165) is 0 Å². The van der Waals surface area contributed by atoms with E-state index < -0.39 is 23.8 Å². The molecule has 0 saturated heterocycles. The zero-order valence-electron chi connectivity index (χ0n) is 20.8. The molecule has 0 aliphatic heterocycles. The summed E-state index contributed by atoms with van der Waals surface area (Å²) in [6, 6.07) is 21.1. The molecule has 4 N–H and O–H groups in total. The van der Waals surface area contributed by atoms with E-state index in [1.807, 2.05) is 0 Å². The van der Waals surface area contributed by atoms with E-state index in [0.29, 0.717) is 33.6 Å². The van der Waals surface area contributed by atoms with Crippen molar-refractivity contribution in [2.24, 2.45) is 0 Å². The average Bonchev–Trinajstić information content (AvgIpc) is 2.97. The molecule has 4 aromatic rings. The monoisotopic (exact) mass is 528 g/mol. The van der Waals surface area contributed by atoms with Crippen molar-refractivity contribution >= 4 is 35.1 Å². The van der Waals surface area contributed by atoms with Crippen LogP contribution in [0.5, 0.6) is 0 Å². The van der Waals surface area contributed by atoms with E-state index in [2.05, 4.69) is 22.5 Å². The van der Waals surface area contributed by atoms with E-state index in [4.69, 9.17) is 12.8 Å². The maximum absolute atomic E-state index is 13.1. The minimum atomic E-state index is -1.31. The summed E-state index contributed by atoms with van der Waals surface area (Å²) in [5, 5.41) is 24.6. The molecule has 40 heavy (non-hydrogen) atoms. The molecule has 0 spiro atoms. The topological polar surface area (TPSA) is 133 Å². The molecule has 0 atom stereocenters. The number of hydrogen-bond acceptors (Lipinski definition) is 4. The number of carboxylic acid groups (broad SMARTS) is 2. The largest absolute Gasteiger partial charge is 0.478 e. The first-order valence-corrected chi connectivity index (χ1v) is 11.7. The van der Waals surface area contributed by atoms with Gasteiger partial charge in [-0.1, -0.05) is 24.0 Å². The Balaban J connectivity index is 1.70. The van der Waals surface area contributed by atoms with Gasteiger partial charge in [0.05, 0.1) is 22.3 Å². The predicted molar refractivity (Wildman–Crippen MR) is 150 cm³/mol. The highest BCUT2D eigenvalue weighted by Crippen LogP contribution is 2.27. The van der Waals surface area contributed by atoms with Gasteiger partial charge in [-0.2, -0.15) is 0 Å². The van der Waals surface area contributed by atoms with Crippen LogP contribution in [0.2, 0.25) is 0 Å². The summed E-state index contributed by atoms with van der Waals surface area (Å²) in [7, 11) is 0. The van der Waals surface area contributed by atoms with E-state index in [9.17, 15) is 29.4 Å². The Morgan fingerprint density at radius 3 is 1.18 bits per heavy atom. The number of carboxylic acids is 2. The van der Waals surface area contributed by atoms with Crippen LogP contribution in [0.4, 0.5) is 11.4 Å². The number of terminal acetylenes is 2. The second kappa shape index (κ2) is 11.5. The molecule has 0 aliphatic carbocycles. The summed E-state index contributed by atoms with van der Waals surface area (Å²) >= 11 is 0. The summed E-state index contributed by atoms with van der Waals surface area (Å²) < 4.78 is 0. The van der Waals surface area contributed by atoms with Gasteiger partial charge in [-0.25, -0.2) is 9.59 Å². The second-order valence-electron chi connectivity index (χ2n) is 8.48. The molecule has 0 aromatic heterocycles. The van der Waals surface area contributed by atoms with Crippen molar-refractivity contribution in [3.8, 4) is 35.8 Å². The molecule has 0 unspecified atom stereocenters. The fourth-order valence-corrected chi connectivity index (χ4v) is 3.89. The van der Waals surface area contributed by atoms with Crippen molar-refractivity contribution in [3.63, 3.8) is 0 Å². The number of carbonyl (C=O) groups is 4. The van der Waals surface area contributed by atoms with Crippen molar-refractivity contribution in [2.75, 3.05) is 10.6 Å². The van der Waals surface area contributed by atoms with Gasteiger partial charge in [0.25, 0.3) is 11.8 Å². The minimum Gasteiger partial charge on any atom is -0.478 e. The molecule has 194 valence electrons. The quantitative estimate of drug-likeness (QED) is 0.243. The molecule has 0 bridgehead atoms. The van der Waals surface area contributed by atoms with Crippen LogP contribution < -0.4 is 10.6 Å². The summed E-state index contributed by atoms with van der Waals surface area (Å²) in [5.74, 6) is 0.962. The molecule has 0 radical (unpaired) electrons. The number of anilines is 2. The number of aromatic carboxylic acids is 2. The van der Waals surface area contributed by atoms with Crippen molar-refractivity contribution in [1.82, 2.24) is 0 Å². The smallest absolute Gasteiger partial charge is 0.336 e. The van der Waals surface area contributed by atoms with E-state index in [1.54, 1.807) is 48.5 Å². The molecular weight excluding hydrogens is 508 g/mol. The number of amides is 2. The Morgan fingerprint density at radius 2 is 0.875 bits per heavy atom. The third-order valence-corrected chi connectivity index (χ3v) is 5.94. The lowest BCUT2D eigenvalue weighted by Crippen LogP contribution is -2.17. The first kappa shape index (κ1) is 26.9. The van der Waals surface area contributed by atoms with Crippen molar-refractivity contribution in [1.29, 1.82) is 0 Å².